The van der Waals surface area contributed by atoms with Crippen molar-refractivity contribution in [3.05, 3.63) is 28.9 Å². The summed E-state index contributed by atoms with van der Waals surface area (Å²) in [5.74, 6) is -2.56. The minimum absolute atomic E-state index is 0.220. The van der Waals surface area contributed by atoms with Gasteiger partial charge in [-0.1, -0.05) is 16.8 Å². The van der Waals surface area contributed by atoms with Crippen molar-refractivity contribution < 1.29 is 13.3 Å². The van der Waals surface area contributed by atoms with Crippen LogP contribution in [0.1, 0.15) is 5.69 Å². The second kappa shape index (κ2) is 3.65. The largest absolute Gasteiger partial charge is 0.356 e. The Labute approximate surface area is 101 Å². The molecule has 0 spiro atoms. The summed E-state index contributed by atoms with van der Waals surface area (Å²) < 4.78 is 30.5. The van der Waals surface area contributed by atoms with E-state index in [1.807, 2.05) is 0 Å². The zero-order valence-electron chi connectivity index (χ0n) is 8.79. The first-order chi connectivity index (χ1) is 8.03. The quantitative estimate of drug-likeness (QED) is 0.829. The molecule has 0 unspecified atom stereocenters. The van der Waals surface area contributed by atoms with Crippen LogP contribution in [0.3, 0.4) is 0 Å². The molecule has 0 aliphatic carbocycles. The number of likely N-dealkylation sites (tertiary alicyclic amines) is 1. The standard InChI is InChI=1S/C11H9ClF2N2O/c12-7-1-2-10-8(3-7)9(15-17-10)4-16-5-11(13,14)6-16/h1-3H,4-6H2. The first-order valence-electron chi connectivity index (χ1n) is 5.17. The van der Waals surface area contributed by atoms with E-state index in [1.165, 1.54) is 0 Å². The molecule has 1 saturated heterocycles. The molecule has 0 atom stereocenters. The summed E-state index contributed by atoms with van der Waals surface area (Å²) in [5.41, 5.74) is 1.27. The van der Waals surface area contributed by atoms with Gasteiger partial charge in [-0.25, -0.2) is 8.78 Å². The van der Waals surface area contributed by atoms with E-state index < -0.39 is 5.92 Å². The lowest BCUT2D eigenvalue weighted by atomic mass is 10.1. The summed E-state index contributed by atoms with van der Waals surface area (Å²) >= 11 is 5.87. The number of aromatic nitrogens is 1. The van der Waals surface area contributed by atoms with E-state index in [2.05, 4.69) is 5.16 Å². The summed E-state index contributed by atoms with van der Waals surface area (Å²) in [6.07, 6.45) is 0. The summed E-state index contributed by atoms with van der Waals surface area (Å²) in [6, 6.07) is 5.16. The Hall–Kier alpha value is -1.20. The van der Waals surface area contributed by atoms with Crippen molar-refractivity contribution in [2.24, 2.45) is 0 Å². The van der Waals surface area contributed by atoms with Gasteiger partial charge < -0.3 is 4.52 Å². The molecule has 0 amide bonds. The molecule has 0 radical (unpaired) electrons. The van der Waals surface area contributed by atoms with Crippen molar-refractivity contribution in [2.75, 3.05) is 13.1 Å². The maximum Gasteiger partial charge on any atom is 0.272 e. The van der Waals surface area contributed by atoms with Crippen LogP contribution in [-0.2, 0) is 6.54 Å². The number of rotatable bonds is 2. The van der Waals surface area contributed by atoms with Crippen LogP contribution in [0.2, 0.25) is 5.02 Å². The Bertz CT molecular complexity index is 562. The molecule has 0 bridgehead atoms. The van der Waals surface area contributed by atoms with Crippen molar-refractivity contribution >= 4 is 22.6 Å². The number of benzene rings is 1. The predicted molar refractivity (Wildman–Crippen MR) is 59.2 cm³/mol. The van der Waals surface area contributed by atoms with Gasteiger partial charge >= 0.3 is 0 Å². The van der Waals surface area contributed by atoms with Crippen LogP contribution in [-0.4, -0.2) is 29.1 Å². The first kappa shape index (κ1) is 10.9. The molecule has 6 heteroatoms. The highest BCUT2D eigenvalue weighted by Gasteiger charge is 2.43. The molecular weight excluding hydrogens is 250 g/mol. The van der Waals surface area contributed by atoms with Crippen LogP contribution in [0.5, 0.6) is 0 Å². The highest BCUT2D eigenvalue weighted by Crippen LogP contribution is 2.30. The van der Waals surface area contributed by atoms with Gasteiger partial charge in [0.15, 0.2) is 5.58 Å². The van der Waals surface area contributed by atoms with Gasteiger partial charge in [0, 0.05) is 17.0 Å². The third-order valence-corrected chi connectivity index (χ3v) is 3.03. The average molecular weight is 259 g/mol. The lowest BCUT2D eigenvalue weighted by Crippen LogP contribution is -2.55. The van der Waals surface area contributed by atoms with E-state index >= 15 is 0 Å². The molecule has 1 aliphatic rings. The van der Waals surface area contributed by atoms with E-state index in [9.17, 15) is 8.78 Å². The average Bonchev–Trinajstić information content (AvgIpc) is 2.58. The SMILES string of the molecule is FC1(F)CN(Cc2noc3ccc(Cl)cc23)C1. The summed E-state index contributed by atoms with van der Waals surface area (Å²) in [6.45, 7) is -0.0766. The van der Waals surface area contributed by atoms with E-state index in [0.717, 1.165) is 5.39 Å². The van der Waals surface area contributed by atoms with E-state index in [1.54, 1.807) is 23.1 Å². The van der Waals surface area contributed by atoms with E-state index in [4.69, 9.17) is 16.1 Å². The molecule has 2 heterocycles. The Morgan fingerprint density at radius 2 is 2.18 bits per heavy atom. The molecule has 3 nitrogen and oxygen atoms in total. The van der Waals surface area contributed by atoms with Crippen molar-refractivity contribution in [2.45, 2.75) is 12.5 Å². The number of fused-ring (bicyclic) bond motifs is 1. The van der Waals surface area contributed by atoms with Crippen molar-refractivity contribution in [1.29, 1.82) is 0 Å². The number of halogens is 3. The molecular formula is C11H9ClF2N2O. The maximum atomic E-state index is 12.7. The summed E-state index contributed by atoms with van der Waals surface area (Å²) in [5, 5.41) is 5.25. The minimum atomic E-state index is -2.56. The van der Waals surface area contributed by atoms with Crippen LogP contribution in [0.25, 0.3) is 11.0 Å². The number of nitrogens with zero attached hydrogens (tertiary/aromatic N) is 2. The molecule has 1 aromatic heterocycles. The molecule has 0 N–H and O–H groups in total. The van der Waals surface area contributed by atoms with Crippen LogP contribution < -0.4 is 0 Å². The smallest absolute Gasteiger partial charge is 0.272 e. The van der Waals surface area contributed by atoms with Crippen molar-refractivity contribution in [1.82, 2.24) is 10.1 Å². The number of hydrogen-bond donors (Lipinski definition) is 0. The Morgan fingerprint density at radius 3 is 2.88 bits per heavy atom. The van der Waals surface area contributed by atoms with Gasteiger partial charge in [-0.3, -0.25) is 4.90 Å². The zero-order chi connectivity index (χ0) is 12.0. The molecule has 1 fully saturated rings. The van der Waals surface area contributed by atoms with Crippen LogP contribution in [0.15, 0.2) is 22.7 Å². The summed E-state index contributed by atoms with van der Waals surface area (Å²) in [7, 11) is 0. The highest BCUT2D eigenvalue weighted by atomic mass is 35.5. The van der Waals surface area contributed by atoms with Crippen molar-refractivity contribution in [3.8, 4) is 0 Å². The van der Waals surface area contributed by atoms with Gasteiger partial charge in [0.1, 0.15) is 5.69 Å². The molecule has 3 rings (SSSR count). The third kappa shape index (κ3) is 2.00. The van der Waals surface area contributed by atoms with Gasteiger partial charge in [0.25, 0.3) is 5.92 Å². The molecule has 2 aromatic rings. The predicted octanol–water partition coefficient (Wildman–Crippen LogP) is 2.93. The van der Waals surface area contributed by atoms with Gasteiger partial charge in [-0.2, -0.15) is 0 Å². The zero-order valence-corrected chi connectivity index (χ0v) is 9.55. The lowest BCUT2D eigenvalue weighted by Gasteiger charge is -2.38. The summed E-state index contributed by atoms with van der Waals surface area (Å²) in [4.78, 5) is 1.62. The molecule has 90 valence electrons. The fraction of sp³-hybridized carbons (Fsp3) is 0.364. The Kier molecular flexibility index (Phi) is 2.34. The fourth-order valence-electron chi connectivity index (χ4n) is 2.01. The molecule has 17 heavy (non-hydrogen) atoms. The number of alkyl halides is 2. The van der Waals surface area contributed by atoms with Crippen molar-refractivity contribution in [3.63, 3.8) is 0 Å². The minimum Gasteiger partial charge on any atom is -0.356 e. The monoisotopic (exact) mass is 258 g/mol. The third-order valence-electron chi connectivity index (χ3n) is 2.79. The number of hydrogen-bond acceptors (Lipinski definition) is 3. The van der Waals surface area contributed by atoms with Crippen LogP contribution in [0.4, 0.5) is 8.78 Å². The second-order valence-corrected chi connectivity index (χ2v) is 4.71. The molecule has 1 aliphatic heterocycles. The normalized spacial score (nSPS) is 19.5. The van der Waals surface area contributed by atoms with Crippen LogP contribution in [0, 0.1) is 0 Å². The highest BCUT2D eigenvalue weighted by molar-refractivity contribution is 6.31. The van der Waals surface area contributed by atoms with Crippen LogP contribution >= 0.6 is 11.6 Å². The Morgan fingerprint density at radius 1 is 1.41 bits per heavy atom. The van der Waals surface area contributed by atoms with Gasteiger partial charge in [0.05, 0.1) is 13.1 Å². The fourth-order valence-corrected chi connectivity index (χ4v) is 2.18. The second-order valence-electron chi connectivity index (χ2n) is 4.27. The van der Waals surface area contributed by atoms with Gasteiger partial charge in [0.2, 0.25) is 0 Å². The lowest BCUT2D eigenvalue weighted by molar-refractivity contribution is -0.134. The van der Waals surface area contributed by atoms with E-state index in [-0.39, 0.29) is 13.1 Å². The molecule has 0 saturated carbocycles. The topological polar surface area (TPSA) is 29.3 Å². The first-order valence-corrected chi connectivity index (χ1v) is 5.55. The maximum absolute atomic E-state index is 12.7. The van der Waals surface area contributed by atoms with Gasteiger partial charge in [-0.15, -0.1) is 0 Å². The van der Waals surface area contributed by atoms with E-state index in [0.29, 0.717) is 22.8 Å². The van der Waals surface area contributed by atoms with Gasteiger partial charge in [-0.05, 0) is 18.2 Å². The molecule has 1 aromatic carbocycles. The Balaban J connectivity index is 1.84.